The summed E-state index contributed by atoms with van der Waals surface area (Å²) in [7, 11) is 1.43. The van der Waals surface area contributed by atoms with Crippen LogP contribution in [0.25, 0.3) is 0 Å². The Morgan fingerprint density at radius 2 is 2.28 bits per heavy atom. The Morgan fingerprint density at radius 1 is 1.50 bits per heavy atom. The zero-order valence-electron chi connectivity index (χ0n) is 10.5. The molecular formula is C12H15N3O3. The lowest BCUT2D eigenvalue weighted by molar-refractivity contribution is 0.406. The van der Waals surface area contributed by atoms with Gasteiger partial charge in [0.25, 0.3) is 5.56 Å². The largest absolute Gasteiger partial charge is 0.489 e. The normalized spacial score (nSPS) is 12.2. The van der Waals surface area contributed by atoms with Crippen molar-refractivity contribution in [3.8, 4) is 5.75 Å². The second-order valence-electron chi connectivity index (χ2n) is 3.93. The highest BCUT2D eigenvalue weighted by Crippen LogP contribution is 2.23. The van der Waals surface area contributed by atoms with Crippen LogP contribution in [0.5, 0.6) is 5.75 Å². The number of hydrogen-bond donors (Lipinski definition) is 2. The molecule has 1 unspecified atom stereocenters. The van der Waals surface area contributed by atoms with Crippen LogP contribution in [0, 0.1) is 6.92 Å². The van der Waals surface area contributed by atoms with Gasteiger partial charge in [-0.05, 0) is 26.0 Å². The maximum atomic E-state index is 11.5. The number of hydrogen-bond acceptors (Lipinski definition) is 5. The number of aromatic nitrogens is 2. The molecule has 6 nitrogen and oxygen atoms in total. The summed E-state index contributed by atoms with van der Waals surface area (Å²) >= 11 is 0. The van der Waals surface area contributed by atoms with Gasteiger partial charge in [0.2, 0.25) is 5.75 Å². The van der Waals surface area contributed by atoms with Crippen molar-refractivity contribution < 1.29 is 9.15 Å². The van der Waals surface area contributed by atoms with E-state index in [0.717, 1.165) is 11.5 Å². The van der Waals surface area contributed by atoms with E-state index in [0.29, 0.717) is 5.82 Å². The Morgan fingerprint density at radius 3 is 2.89 bits per heavy atom. The van der Waals surface area contributed by atoms with Crippen LogP contribution in [0.3, 0.4) is 0 Å². The molecule has 0 aliphatic heterocycles. The minimum Gasteiger partial charge on any atom is -0.489 e. The molecule has 0 bridgehead atoms. The SMILES string of the molecule is COc1c(NC(C)c2ccc(C)o2)nc[nH]c1=O. The fourth-order valence-corrected chi connectivity index (χ4v) is 1.64. The molecule has 0 saturated carbocycles. The lowest BCUT2D eigenvalue weighted by atomic mass is 10.2. The molecule has 0 radical (unpaired) electrons. The van der Waals surface area contributed by atoms with E-state index in [1.807, 2.05) is 26.0 Å². The molecular weight excluding hydrogens is 234 g/mol. The number of furan rings is 1. The molecule has 2 rings (SSSR count). The predicted molar refractivity (Wildman–Crippen MR) is 66.9 cm³/mol. The first-order valence-corrected chi connectivity index (χ1v) is 5.56. The quantitative estimate of drug-likeness (QED) is 0.864. The first kappa shape index (κ1) is 12.2. The third kappa shape index (κ3) is 2.37. The van der Waals surface area contributed by atoms with Gasteiger partial charge >= 0.3 is 0 Å². The summed E-state index contributed by atoms with van der Waals surface area (Å²) in [6.07, 6.45) is 1.33. The van der Waals surface area contributed by atoms with Gasteiger partial charge in [0.1, 0.15) is 11.5 Å². The minimum absolute atomic E-state index is 0.109. The van der Waals surface area contributed by atoms with E-state index < -0.39 is 0 Å². The molecule has 0 saturated heterocycles. The van der Waals surface area contributed by atoms with E-state index in [-0.39, 0.29) is 17.4 Å². The van der Waals surface area contributed by atoms with Crippen LogP contribution in [-0.2, 0) is 0 Å². The Labute approximate surface area is 104 Å². The predicted octanol–water partition coefficient (Wildman–Crippen LogP) is 1.85. The van der Waals surface area contributed by atoms with Gasteiger partial charge < -0.3 is 19.5 Å². The van der Waals surface area contributed by atoms with Crippen molar-refractivity contribution >= 4 is 5.82 Å². The van der Waals surface area contributed by atoms with Crippen molar-refractivity contribution in [1.29, 1.82) is 0 Å². The van der Waals surface area contributed by atoms with Crippen LogP contribution in [-0.4, -0.2) is 17.1 Å². The number of H-pyrrole nitrogens is 1. The molecule has 2 aromatic heterocycles. The van der Waals surface area contributed by atoms with Gasteiger partial charge in [-0.15, -0.1) is 0 Å². The molecule has 2 N–H and O–H groups in total. The summed E-state index contributed by atoms with van der Waals surface area (Å²) in [5.41, 5.74) is -0.321. The Bertz CT molecular complexity index is 588. The fraction of sp³-hybridized carbons (Fsp3) is 0.333. The zero-order valence-corrected chi connectivity index (χ0v) is 10.5. The van der Waals surface area contributed by atoms with E-state index in [4.69, 9.17) is 9.15 Å². The Kier molecular flexibility index (Phi) is 3.36. The van der Waals surface area contributed by atoms with Crippen molar-refractivity contribution in [3.05, 3.63) is 40.3 Å². The Balaban J connectivity index is 2.24. The number of anilines is 1. The third-order valence-corrected chi connectivity index (χ3v) is 2.56. The van der Waals surface area contributed by atoms with E-state index in [2.05, 4.69) is 15.3 Å². The van der Waals surface area contributed by atoms with Gasteiger partial charge in [-0.3, -0.25) is 4.79 Å². The zero-order chi connectivity index (χ0) is 13.1. The molecule has 2 aromatic rings. The Hall–Kier alpha value is -2.24. The molecule has 1 atom stereocenters. The highest BCUT2D eigenvalue weighted by molar-refractivity contribution is 5.49. The molecule has 0 amide bonds. The molecule has 0 aliphatic rings. The van der Waals surface area contributed by atoms with Gasteiger partial charge in [0, 0.05) is 0 Å². The lowest BCUT2D eigenvalue weighted by Crippen LogP contribution is -2.15. The highest BCUT2D eigenvalue weighted by Gasteiger charge is 2.14. The van der Waals surface area contributed by atoms with E-state index >= 15 is 0 Å². The second-order valence-corrected chi connectivity index (χ2v) is 3.93. The molecule has 18 heavy (non-hydrogen) atoms. The third-order valence-electron chi connectivity index (χ3n) is 2.56. The number of nitrogens with zero attached hydrogens (tertiary/aromatic N) is 1. The summed E-state index contributed by atoms with van der Waals surface area (Å²) < 4.78 is 10.5. The topological polar surface area (TPSA) is 80.2 Å². The van der Waals surface area contributed by atoms with Crippen LogP contribution in [0.15, 0.2) is 27.7 Å². The summed E-state index contributed by atoms with van der Waals surface area (Å²) in [5.74, 6) is 2.16. The molecule has 0 aliphatic carbocycles. The molecule has 0 aromatic carbocycles. The summed E-state index contributed by atoms with van der Waals surface area (Å²) in [6.45, 7) is 3.79. The van der Waals surface area contributed by atoms with Crippen molar-refractivity contribution in [2.75, 3.05) is 12.4 Å². The van der Waals surface area contributed by atoms with Crippen LogP contribution in [0.1, 0.15) is 24.5 Å². The van der Waals surface area contributed by atoms with Crippen molar-refractivity contribution in [2.45, 2.75) is 19.9 Å². The van der Waals surface area contributed by atoms with Crippen molar-refractivity contribution in [2.24, 2.45) is 0 Å². The number of aryl methyl sites for hydroxylation is 1. The molecule has 0 spiro atoms. The van der Waals surface area contributed by atoms with Crippen molar-refractivity contribution in [3.63, 3.8) is 0 Å². The molecule has 0 fully saturated rings. The van der Waals surface area contributed by atoms with Crippen LogP contribution in [0.4, 0.5) is 5.82 Å². The van der Waals surface area contributed by atoms with Gasteiger partial charge in [-0.25, -0.2) is 4.98 Å². The summed E-state index contributed by atoms with van der Waals surface area (Å²) in [4.78, 5) is 18.0. The van der Waals surface area contributed by atoms with Crippen LogP contribution >= 0.6 is 0 Å². The van der Waals surface area contributed by atoms with E-state index in [9.17, 15) is 4.79 Å². The standard InChI is InChI=1S/C12H15N3O3/c1-7-4-5-9(18-7)8(2)15-11-10(17-3)12(16)14-6-13-11/h4-6,8H,1-3H3,(H2,13,14,15,16). The molecule has 2 heterocycles. The maximum Gasteiger partial charge on any atom is 0.295 e. The average molecular weight is 249 g/mol. The average Bonchev–Trinajstić information content (AvgIpc) is 2.76. The highest BCUT2D eigenvalue weighted by atomic mass is 16.5. The van der Waals surface area contributed by atoms with Crippen LogP contribution < -0.4 is 15.6 Å². The van der Waals surface area contributed by atoms with Gasteiger partial charge in [-0.1, -0.05) is 0 Å². The number of nitrogens with one attached hydrogen (secondary N) is 2. The van der Waals surface area contributed by atoms with Crippen LogP contribution in [0.2, 0.25) is 0 Å². The summed E-state index contributed by atoms with van der Waals surface area (Å²) in [6, 6.07) is 3.66. The summed E-state index contributed by atoms with van der Waals surface area (Å²) in [5, 5.41) is 3.08. The fourth-order valence-electron chi connectivity index (χ4n) is 1.64. The van der Waals surface area contributed by atoms with E-state index in [1.165, 1.54) is 13.4 Å². The number of methoxy groups -OCH3 is 1. The minimum atomic E-state index is -0.321. The number of ether oxygens (including phenoxy) is 1. The van der Waals surface area contributed by atoms with Crippen molar-refractivity contribution in [1.82, 2.24) is 9.97 Å². The monoisotopic (exact) mass is 249 g/mol. The number of rotatable bonds is 4. The molecule has 6 heteroatoms. The number of aromatic amines is 1. The molecule has 96 valence electrons. The lowest BCUT2D eigenvalue weighted by Gasteiger charge is -2.13. The van der Waals surface area contributed by atoms with Gasteiger partial charge in [0.05, 0.1) is 19.5 Å². The first-order valence-electron chi connectivity index (χ1n) is 5.56. The second kappa shape index (κ2) is 4.95. The maximum absolute atomic E-state index is 11.5. The smallest absolute Gasteiger partial charge is 0.295 e. The van der Waals surface area contributed by atoms with E-state index in [1.54, 1.807) is 0 Å². The van der Waals surface area contributed by atoms with Gasteiger partial charge in [-0.2, -0.15) is 0 Å². The first-order chi connectivity index (χ1) is 8.61. The van der Waals surface area contributed by atoms with Gasteiger partial charge in [0.15, 0.2) is 5.82 Å².